The van der Waals surface area contributed by atoms with Crippen molar-refractivity contribution >= 4 is 11.5 Å². The van der Waals surface area contributed by atoms with Gasteiger partial charge in [-0.2, -0.15) is 5.10 Å². The van der Waals surface area contributed by atoms with Crippen molar-refractivity contribution in [3.63, 3.8) is 0 Å². The van der Waals surface area contributed by atoms with E-state index in [4.69, 9.17) is 0 Å². The normalized spacial score (nSPS) is 20.2. The van der Waals surface area contributed by atoms with Gasteiger partial charge < -0.3 is 10.2 Å². The Hall–Kier alpha value is -1.19. The monoisotopic (exact) mass is 164 g/mol. The molecule has 0 saturated heterocycles. The van der Waals surface area contributed by atoms with Gasteiger partial charge in [0.2, 0.25) is 0 Å². The molecule has 2 aliphatic rings. The Labute approximate surface area is 71.2 Å². The van der Waals surface area contributed by atoms with Crippen LogP contribution in [0.15, 0.2) is 6.20 Å². The maximum absolute atomic E-state index is 4.33. The van der Waals surface area contributed by atoms with Crippen LogP contribution >= 0.6 is 0 Å². The van der Waals surface area contributed by atoms with Gasteiger partial charge in [-0.1, -0.05) is 0 Å². The molecule has 3 heterocycles. The molecule has 0 spiro atoms. The summed E-state index contributed by atoms with van der Waals surface area (Å²) < 4.78 is 2.10. The zero-order valence-electron chi connectivity index (χ0n) is 6.95. The fourth-order valence-electron chi connectivity index (χ4n) is 2.06. The SMILES string of the molecule is c1nn2c3c1NCCN3CCC2. The van der Waals surface area contributed by atoms with Crippen LogP contribution in [0, 0.1) is 0 Å². The van der Waals surface area contributed by atoms with Gasteiger partial charge in [-0.05, 0) is 6.42 Å². The number of hydrogen-bond acceptors (Lipinski definition) is 3. The Kier molecular flexibility index (Phi) is 1.14. The van der Waals surface area contributed by atoms with Crippen LogP contribution in [0.4, 0.5) is 11.5 Å². The molecule has 0 radical (unpaired) electrons. The highest BCUT2D eigenvalue weighted by atomic mass is 15.4. The molecule has 4 nitrogen and oxygen atoms in total. The lowest BCUT2D eigenvalue weighted by atomic mass is 10.2. The third kappa shape index (κ3) is 0.695. The molecule has 1 aromatic rings. The van der Waals surface area contributed by atoms with Gasteiger partial charge in [-0.3, -0.25) is 0 Å². The number of aromatic nitrogens is 2. The molecule has 0 aromatic carbocycles. The number of hydrogen-bond donors (Lipinski definition) is 1. The Balaban J connectivity index is 2.16. The first-order valence-corrected chi connectivity index (χ1v) is 4.50. The highest BCUT2D eigenvalue weighted by molar-refractivity contribution is 5.68. The van der Waals surface area contributed by atoms with Gasteiger partial charge in [-0.15, -0.1) is 0 Å². The van der Waals surface area contributed by atoms with Crippen molar-refractivity contribution < 1.29 is 0 Å². The molecule has 0 fully saturated rings. The lowest BCUT2D eigenvalue weighted by molar-refractivity contribution is 0.517. The molecule has 2 aliphatic heterocycles. The second kappa shape index (κ2) is 2.15. The first-order chi connectivity index (χ1) is 5.95. The summed E-state index contributed by atoms with van der Waals surface area (Å²) >= 11 is 0. The third-order valence-corrected chi connectivity index (χ3v) is 2.61. The van der Waals surface area contributed by atoms with E-state index in [1.54, 1.807) is 0 Å². The minimum Gasteiger partial charge on any atom is -0.379 e. The minimum absolute atomic E-state index is 1.05. The van der Waals surface area contributed by atoms with Crippen molar-refractivity contribution in [1.29, 1.82) is 0 Å². The topological polar surface area (TPSA) is 33.1 Å². The van der Waals surface area contributed by atoms with Crippen LogP contribution in [0.25, 0.3) is 0 Å². The molecule has 0 atom stereocenters. The predicted octanol–water partition coefficient (Wildman–Crippen LogP) is 0.519. The van der Waals surface area contributed by atoms with Gasteiger partial charge in [0.05, 0.1) is 11.9 Å². The van der Waals surface area contributed by atoms with Crippen molar-refractivity contribution in [2.45, 2.75) is 13.0 Å². The Morgan fingerprint density at radius 3 is 3.33 bits per heavy atom. The Morgan fingerprint density at radius 1 is 1.33 bits per heavy atom. The summed E-state index contributed by atoms with van der Waals surface area (Å²) in [5.41, 5.74) is 1.21. The summed E-state index contributed by atoms with van der Waals surface area (Å²) in [5, 5.41) is 7.69. The number of nitrogens with zero attached hydrogens (tertiary/aromatic N) is 3. The van der Waals surface area contributed by atoms with Crippen LogP contribution in [0.5, 0.6) is 0 Å². The van der Waals surface area contributed by atoms with Gasteiger partial charge in [0.25, 0.3) is 0 Å². The van der Waals surface area contributed by atoms with Crippen LogP contribution in [0.1, 0.15) is 6.42 Å². The van der Waals surface area contributed by atoms with E-state index in [0.29, 0.717) is 0 Å². The number of rotatable bonds is 0. The van der Waals surface area contributed by atoms with E-state index in [1.165, 1.54) is 24.5 Å². The van der Waals surface area contributed by atoms with Gasteiger partial charge in [0.1, 0.15) is 0 Å². The van der Waals surface area contributed by atoms with Crippen LogP contribution in [0.2, 0.25) is 0 Å². The Morgan fingerprint density at radius 2 is 2.33 bits per heavy atom. The molecule has 0 unspecified atom stereocenters. The van der Waals surface area contributed by atoms with E-state index < -0.39 is 0 Å². The van der Waals surface area contributed by atoms with E-state index >= 15 is 0 Å². The smallest absolute Gasteiger partial charge is 0.150 e. The average Bonchev–Trinajstić information content (AvgIpc) is 2.52. The summed E-state index contributed by atoms with van der Waals surface area (Å²) in [5.74, 6) is 1.30. The van der Waals surface area contributed by atoms with Gasteiger partial charge in [0.15, 0.2) is 5.82 Å². The quantitative estimate of drug-likeness (QED) is 0.606. The van der Waals surface area contributed by atoms with E-state index in [0.717, 1.165) is 19.6 Å². The average molecular weight is 164 g/mol. The second-order valence-electron chi connectivity index (χ2n) is 3.37. The van der Waals surface area contributed by atoms with E-state index in [1.807, 2.05) is 6.20 Å². The van der Waals surface area contributed by atoms with E-state index in [2.05, 4.69) is 20.0 Å². The summed E-state index contributed by atoms with van der Waals surface area (Å²) in [6.07, 6.45) is 3.17. The molecule has 0 saturated carbocycles. The van der Waals surface area contributed by atoms with E-state index in [-0.39, 0.29) is 0 Å². The lowest BCUT2D eigenvalue weighted by Gasteiger charge is -2.33. The highest BCUT2D eigenvalue weighted by Crippen LogP contribution is 2.31. The standard InChI is InChI=1S/C8H12N4/c1-3-11-5-2-9-7-6-10-12(4-1)8(7)11/h6,9H,1-5H2. The van der Waals surface area contributed by atoms with Crippen molar-refractivity contribution in [3.05, 3.63) is 6.20 Å². The largest absolute Gasteiger partial charge is 0.379 e. The Bertz CT molecular complexity index is 277. The van der Waals surface area contributed by atoms with Crippen LogP contribution in [-0.2, 0) is 6.54 Å². The number of nitrogens with one attached hydrogen (secondary N) is 1. The molecule has 64 valence electrons. The molecule has 0 aliphatic carbocycles. The van der Waals surface area contributed by atoms with Crippen LogP contribution in [-0.4, -0.2) is 29.4 Å². The molecular formula is C8H12N4. The van der Waals surface area contributed by atoms with Crippen LogP contribution in [0.3, 0.4) is 0 Å². The molecule has 0 amide bonds. The van der Waals surface area contributed by atoms with Gasteiger partial charge in [-0.25, -0.2) is 4.68 Å². The zero-order chi connectivity index (χ0) is 7.97. The molecule has 3 rings (SSSR count). The highest BCUT2D eigenvalue weighted by Gasteiger charge is 2.24. The first kappa shape index (κ1) is 6.34. The molecular weight excluding hydrogens is 152 g/mol. The number of aryl methyl sites for hydroxylation is 1. The fourth-order valence-corrected chi connectivity index (χ4v) is 2.06. The second-order valence-corrected chi connectivity index (χ2v) is 3.37. The van der Waals surface area contributed by atoms with Crippen molar-refractivity contribution in [2.24, 2.45) is 0 Å². The fraction of sp³-hybridized carbons (Fsp3) is 0.625. The predicted molar refractivity (Wildman–Crippen MR) is 47.5 cm³/mol. The molecule has 1 N–H and O–H groups in total. The maximum Gasteiger partial charge on any atom is 0.150 e. The number of anilines is 2. The zero-order valence-corrected chi connectivity index (χ0v) is 6.95. The summed E-state index contributed by atoms with van der Waals surface area (Å²) in [6.45, 7) is 4.45. The summed E-state index contributed by atoms with van der Waals surface area (Å²) in [6, 6.07) is 0. The molecule has 4 heteroatoms. The van der Waals surface area contributed by atoms with Crippen molar-refractivity contribution in [1.82, 2.24) is 9.78 Å². The first-order valence-electron chi connectivity index (χ1n) is 4.50. The molecule has 0 bridgehead atoms. The van der Waals surface area contributed by atoms with Crippen LogP contribution < -0.4 is 10.2 Å². The van der Waals surface area contributed by atoms with Gasteiger partial charge >= 0.3 is 0 Å². The lowest BCUT2D eigenvalue weighted by Crippen LogP contribution is -2.39. The third-order valence-electron chi connectivity index (χ3n) is 2.61. The van der Waals surface area contributed by atoms with Gasteiger partial charge in [0, 0.05) is 26.2 Å². The minimum atomic E-state index is 1.05. The van der Waals surface area contributed by atoms with E-state index in [9.17, 15) is 0 Å². The summed E-state index contributed by atoms with van der Waals surface area (Å²) in [4.78, 5) is 2.42. The molecule has 12 heavy (non-hydrogen) atoms. The molecule has 1 aromatic heterocycles. The summed E-state index contributed by atoms with van der Waals surface area (Å²) in [7, 11) is 0. The maximum atomic E-state index is 4.33. The van der Waals surface area contributed by atoms with Crippen molar-refractivity contribution in [3.8, 4) is 0 Å². The van der Waals surface area contributed by atoms with Crippen molar-refractivity contribution in [2.75, 3.05) is 29.9 Å².